The molecule has 0 aromatic heterocycles. The summed E-state index contributed by atoms with van der Waals surface area (Å²) in [7, 11) is 0. The van der Waals surface area contributed by atoms with Crippen LogP contribution in [0.2, 0.25) is 0 Å². The van der Waals surface area contributed by atoms with Gasteiger partial charge in [-0.1, -0.05) is 187 Å². The van der Waals surface area contributed by atoms with Crippen LogP contribution in [0.1, 0.15) is 219 Å². The molecule has 0 bridgehead atoms. The van der Waals surface area contributed by atoms with Crippen LogP contribution in [0.5, 0.6) is 0 Å². The number of unbranched alkanes of at least 4 members (excludes halogenated alkanes) is 27. The molecule has 0 aromatic carbocycles. The lowest BCUT2D eigenvalue weighted by Gasteiger charge is -2.22. The first-order valence-electron chi connectivity index (χ1n) is 19.9. The van der Waals surface area contributed by atoms with Crippen LogP contribution in [0, 0.1) is 0 Å². The van der Waals surface area contributed by atoms with Crippen LogP contribution in [0.3, 0.4) is 0 Å². The molecule has 0 aliphatic carbocycles. The Balaban J connectivity index is 3.52. The molecule has 4 nitrogen and oxygen atoms in total. The van der Waals surface area contributed by atoms with Crippen molar-refractivity contribution in [3.8, 4) is 0 Å². The van der Waals surface area contributed by atoms with Crippen molar-refractivity contribution in [3.63, 3.8) is 0 Å². The van der Waals surface area contributed by atoms with E-state index in [4.69, 9.17) is 0 Å². The van der Waals surface area contributed by atoms with Gasteiger partial charge in [0, 0.05) is 6.42 Å². The van der Waals surface area contributed by atoms with E-state index in [0.29, 0.717) is 12.8 Å². The number of hydrogen-bond acceptors (Lipinski definition) is 3. The minimum atomic E-state index is -0.655. The van der Waals surface area contributed by atoms with Gasteiger partial charge in [-0.15, -0.1) is 0 Å². The molecule has 3 N–H and O–H groups in total. The number of carbonyl (C=O) groups is 1. The first-order chi connectivity index (χ1) is 21.7. The molecule has 0 radical (unpaired) electrons. The highest BCUT2D eigenvalue weighted by atomic mass is 16.3. The molecule has 262 valence electrons. The standard InChI is InChI=1S/C40H79NO3/c1-3-5-7-9-11-13-15-17-18-19-20-21-22-24-26-28-30-32-34-36-40(44)41-38(37-42)39(43)35-33-31-29-27-25-23-16-14-12-10-8-6-4-2/h17-18,38-39,42-43H,3-16,19-37H2,1-2H3,(H,41,44)/b18-17+/t38-,39+/m0/s1. The van der Waals surface area contributed by atoms with Crippen LogP contribution in [0.15, 0.2) is 12.2 Å². The lowest BCUT2D eigenvalue weighted by Crippen LogP contribution is -2.45. The van der Waals surface area contributed by atoms with Crippen LogP contribution in [-0.4, -0.2) is 34.9 Å². The zero-order chi connectivity index (χ0) is 32.2. The van der Waals surface area contributed by atoms with Gasteiger partial charge in [-0.05, 0) is 38.5 Å². The van der Waals surface area contributed by atoms with E-state index in [2.05, 4.69) is 31.3 Å². The highest BCUT2D eigenvalue weighted by Gasteiger charge is 2.19. The second-order valence-electron chi connectivity index (χ2n) is 13.7. The van der Waals surface area contributed by atoms with Gasteiger partial charge >= 0.3 is 0 Å². The molecule has 4 heteroatoms. The lowest BCUT2D eigenvalue weighted by atomic mass is 10.0. The molecule has 1 amide bonds. The monoisotopic (exact) mass is 622 g/mol. The van der Waals surface area contributed by atoms with Crippen molar-refractivity contribution < 1.29 is 15.0 Å². The fourth-order valence-corrected chi connectivity index (χ4v) is 6.18. The fourth-order valence-electron chi connectivity index (χ4n) is 6.18. The van der Waals surface area contributed by atoms with E-state index in [0.717, 1.165) is 25.7 Å². The van der Waals surface area contributed by atoms with Crippen LogP contribution in [-0.2, 0) is 4.79 Å². The Bertz CT molecular complexity index is 593. The molecule has 0 unspecified atom stereocenters. The molecule has 0 rings (SSSR count). The second-order valence-corrected chi connectivity index (χ2v) is 13.7. The van der Waals surface area contributed by atoms with Crippen molar-refractivity contribution in [1.82, 2.24) is 5.32 Å². The minimum absolute atomic E-state index is 0.0329. The number of rotatable bonds is 36. The van der Waals surface area contributed by atoms with Crippen LogP contribution >= 0.6 is 0 Å². The molecule has 0 fully saturated rings. The van der Waals surface area contributed by atoms with Gasteiger partial charge in [0.15, 0.2) is 0 Å². The molecule has 0 spiro atoms. The smallest absolute Gasteiger partial charge is 0.220 e. The van der Waals surface area contributed by atoms with Gasteiger partial charge in [0.2, 0.25) is 5.91 Å². The fraction of sp³-hybridized carbons (Fsp3) is 0.925. The molecular weight excluding hydrogens is 542 g/mol. The molecule has 0 saturated heterocycles. The minimum Gasteiger partial charge on any atom is -0.394 e. The third-order valence-corrected chi connectivity index (χ3v) is 9.28. The van der Waals surface area contributed by atoms with Crippen LogP contribution < -0.4 is 5.32 Å². The van der Waals surface area contributed by atoms with Crippen molar-refractivity contribution in [1.29, 1.82) is 0 Å². The first-order valence-corrected chi connectivity index (χ1v) is 19.9. The Morgan fingerprint density at radius 2 is 0.864 bits per heavy atom. The van der Waals surface area contributed by atoms with Gasteiger partial charge in [0.1, 0.15) is 0 Å². The molecule has 0 saturated carbocycles. The average molecular weight is 622 g/mol. The first kappa shape index (κ1) is 43.1. The number of hydrogen-bond donors (Lipinski definition) is 3. The van der Waals surface area contributed by atoms with E-state index in [1.807, 2.05) is 0 Å². The lowest BCUT2D eigenvalue weighted by molar-refractivity contribution is -0.123. The Hall–Kier alpha value is -0.870. The van der Waals surface area contributed by atoms with Gasteiger partial charge in [-0.2, -0.15) is 0 Å². The zero-order valence-electron chi connectivity index (χ0n) is 29.9. The highest BCUT2D eigenvalue weighted by molar-refractivity contribution is 5.76. The maximum atomic E-state index is 12.3. The number of amides is 1. The summed E-state index contributed by atoms with van der Waals surface area (Å²) < 4.78 is 0. The molecule has 0 aliphatic heterocycles. The van der Waals surface area contributed by atoms with E-state index in [9.17, 15) is 15.0 Å². The van der Waals surface area contributed by atoms with Crippen LogP contribution in [0.25, 0.3) is 0 Å². The Labute approximate surface area is 276 Å². The third-order valence-electron chi connectivity index (χ3n) is 9.28. The molecule has 2 atom stereocenters. The Morgan fingerprint density at radius 1 is 0.523 bits per heavy atom. The molecule has 0 aliphatic rings. The summed E-state index contributed by atoms with van der Waals surface area (Å²) >= 11 is 0. The number of aliphatic hydroxyl groups is 2. The van der Waals surface area contributed by atoms with E-state index in [1.165, 1.54) is 167 Å². The van der Waals surface area contributed by atoms with Gasteiger partial charge in [0.05, 0.1) is 18.8 Å². The summed E-state index contributed by atoms with van der Waals surface area (Å²) in [6.07, 6.45) is 44.1. The maximum Gasteiger partial charge on any atom is 0.220 e. The number of aliphatic hydroxyl groups excluding tert-OH is 2. The molecule has 0 heterocycles. The largest absolute Gasteiger partial charge is 0.394 e. The van der Waals surface area contributed by atoms with E-state index in [1.54, 1.807) is 0 Å². The van der Waals surface area contributed by atoms with E-state index < -0.39 is 12.1 Å². The van der Waals surface area contributed by atoms with Gasteiger partial charge in [-0.3, -0.25) is 4.79 Å². The van der Waals surface area contributed by atoms with Gasteiger partial charge < -0.3 is 15.5 Å². The van der Waals surface area contributed by atoms with Crippen molar-refractivity contribution in [2.75, 3.05) is 6.61 Å². The van der Waals surface area contributed by atoms with E-state index >= 15 is 0 Å². The van der Waals surface area contributed by atoms with Crippen molar-refractivity contribution in [2.24, 2.45) is 0 Å². The molecular formula is C40H79NO3. The Morgan fingerprint density at radius 3 is 1.25 bits per heavy atom. The number of allylic oxidation sites excluding steroid dienone is 2. The maximum absolute atomic E-state index is 12.3. The summed E-state index contributed by atoms with van der Waals surface area (Å²) in [5, 5.41) is 23.1. The summed E-state index contributed by atoms with van der Waals surface area (Å²) in [5.74, 6) is -0.0329. The third kappa shape index (κ3) is 32.5. The highest BCUT2D eigenvalue weighted by Crippen LogP contribution is 2.15. The van der Waals surface area contributed by atoms with Crippen molar-refractivity contribution in [3.05, 3.63) is 12.2 Å². The average Bonchev–Trinajstić information content (AvgIpc) is 3.03. The SMILES string of the molecule is CCCCCCCC/C=C/CCCCCCCCCCCC(=O)N[C@@H](CO)[C@H](O)CCCCCCCCCCCCCCC. The summed E-state index contributed by atoms with van der Waals surface area (Å²) in [6, 6.07) is -0.532. The number of carbonyl (C=O) groups excluding carboxylic acids is 1. The normalized spacial score (nSPS) is 13.1. The predicted molar refractivity (Wildman–Crippen MR) is 193 cm³/mol. The topological polar surface area (TPSA) is 69.6 Å². The Kier molecular flexibility index (Phi) is 35.9. The molecule has 44 heavy (non-hydrogen) atoms. The molecule has 0 aromatic rings. The quantitative estimate of drug-likeness (QED) is 0.0481. The van der Waals surface area contributed by atoms with Crippen molar-refractivity contribution >= 4 is 5.91 Å². The summed E-state index contributed by atoms with van der Waals surface area (Å²) in [5.41, 5.74) is 0. The van der Waals surface area contributed by atoms with Crippen LogP contribution in [0.4, 0.5) is 0 Å². The zero-order valence-corrected chi connectivity index (χ0v) is 29.9. The van der Waals surface area contributed by atoms with Gasteiger partial charge in [-0.25, -0.2) is 0 Å². The predicted octanol–water partition coefficient (Wildman–Crippen LogP) is 11.9. The summed E-state index contributed by atoms with van der Waals surface area (Å²) in [4.78, 5) is 12.3. The van der Waals surface area contributed by atoms with Crippen molar-refractivity contribution in [2.45, 2.75) is 231 Å². The van der Waals surface area contributed by atoms with E-state index in [-0.39, 0.29) is 12.5 Å². The number of nitrogens with one attached hydrogen (secondary N) is 1. The second kappa shape index (κ2) is 36.6. The summed E-state index contributed by atoms with van der Waals surface area (Å²) in [6.45, 7) is 4.35. The van der Waals surface area contributed by atoms with Gasteiger partial charge in [0.25, 0.3) is 0 Å².